The standard InChI is InChI=1S/C15H16FNO2/c1-18-15-7-14(19-9-10-2-3-10)12(6-13(15)16)11-4-5-17-8-11/h4-7,10H,2-3,8-9H2,1H3. The molecule has 1 fully saturated rings. The highest BCUT2D eigenvalue weighted by molar-refractivity contribution is 5.91. The van der Waals surface area contributed by atoms with Crippen LogP contribution in [0, 0.1) is 11.7 Å². The van der Waals surface area contributed by atoms with Crippen LogP contribution >= 0.6 is 0 Å². The molecule has 0 N–H and O–H groups in total. The number of allylic oxidation sites excluding steroid dienone is 1. The minimum atomic E-state index is -0.371. The largest absolute Gasteiger partial charge is 0.494 e. The van der Waals surface area contributed by atoms with Gasteiger partial charge in [-0.05, 0) is 36.5 Å². The van der Waals surface area contributed by atoms with E-state index in [0.717, 1.165) is 11.1 Å². The number of hydrogen-bond acceptors (Lipinski definition) is 3. The van der Waals surface area contributed by atoms with Crippen LogP contribution in [-0.4, -0.2) is 26.5 Å². The first kappa shape index (κ1) is 12.2. The maximum atomic E-state index is 13.8. The fourth-order valence-corrected chi connectivity index (χ4v) is 2.08. The summed E-state index contributed by atoms with van der Waals surface area (Å²) in [5.41, 5.74) is 1.75. The molecule has 0 aromatic heterocycles. The first-order chi connectivity index (χ1) is 9.28. The van der Waals surface area contributed by atoms with Crippen LogP contribution < -0.4 is 9.47 Å². The van der Waals surface area contributed by atoms with Crippen molar-refractivity contribution in [1.29, 1.82) is 0 Å². The van der Waals surface area contributed by atoms with Crippen molar-refractivity contribution in [1.82, 2.24) is 0 Å². The van der Waals surface area contributed by atoms with Gasteiger partial charge in [-0.3, -0.25) is 4.99 Å². The number of nitrogens with zero attached hydrogens (tertiary/aromatic N) is 1. The highest BCUT2D eigenvalue weighted by Crippen LogP contribution is 2.36. The molecule has 0 bridgehead atoms. The highest BCUT2D eigenvalue weighted by atomic mass is 19.1. The van der Waals surface area contributed by atoms with E-state index in [0.29, 0.717) is 24.8 Å². The zero-order chi connectivity index (χ0) is 13.2. The van der Waals surface area contributed by atoms with Gasteiger partial charge in [0.15, 0.2) is 11.6 Å². The van der Waals surface area contributed by atoms with E-state index >= 15 is 0 Å². The Bertz CT molecular complexity index is 547. The Kier molecular flexibility index (Phi) is 3.23. The lowest BCUT2D eigenvalue weighted by atomic mass is 10.0. The molecule has 1 aliphatic heterocycles. The lowest BCUT2D eigenvalue weighted by Gasteiger charge is -2.14. The minimum Gasteiger partial charge on any atom is -0.494 e. The lowest BCUT2D eigenvalue weighted by molar-refractivity contribution is 0.295. The maximum absolute atomic E-state index is 13.8. The first-order valence-electron chi connectivity index (χ1n) is 6.47. The first-order valence-corrected chi connectivity index (χ1v) is 6.47. The van der Waals surface area contributed by atoms with Crippen LogP contribution in [0.15, 0.2) is 23.2 Å². The van der Waals surface area contributed by atoms with E-state index in [2.05, 4.69) is 4.99 Å². The SMILES string of the molecule is COc1cc(OCC2CC2)c(C2=CC=NC2)cc1F. The summed E-state index contributed by atoms with van der Waals surface area (Å²) in [6, 6.07) is 3.10. The molecule has 0 unspecified atom stereocenters. The summed E-state index contributed by atoms with van der Waals surface area (Å²) in [6.45, 7) is 1.27. The second-order valence-corrected chi connectivity index (χ2v) is 4.92. The van der Waals surface area contributed by atoms with Gasteiger partial charge in [0.25, 0.3) is 0 Å². The number of ether oxygens (including phenoxy) is 2. The van der Waals surface area contributed by atoms with Crippen LogP contribution in [0.5, 0.6) is 11.5 Å². The molecular formula is C15H16FNO2. The van der Waals surface area contributed by atoms with Crippen LogP contribution in [0.1, 0.15) is 18.4 Å². The topological polar surface area (TPSA) is 30.8 Å². The smallest absolute Gasteiger partial charge is 0.165 e. The van der Waals surface area contributed by atoms with Crippen LogP contribution in [0.4, 0.5) is 4.39 Å². The second-order valence-electron chi connectivity index (χ2n) is 4.92. The second kappa shape index (κ2) is 5.03. The van der Waals surface area contributed by atoms with Gasteiger partial charge < -0.3 is 9.47 Å². The fraction of sp³-hybridized carbons (Fsp3) is 0.400. The number of methoxy groups -OCH3 is 1. The van der Waals surface area contributed by atoms with Crippen molar-refractivity contribution in [3.8, 4) is 11.5 Å². The molecule has 3 rings (SSSR count). The van der Waals surface area contributed by atoms with Crippen LogP contribution in [0.3, 0.4) is 0 Å². The van der Waals surface area contributed by atoms with Crippen molar-refractivity contribution in [3.05, 3.63) is 29.6 Å². The van der Waals surface area contributed by atoms with E-state index < -0.39 is 0 Å². The molecule has 2 aliphatic rings. The van der Waals surface area contributed by atoms with E-state index in [1.54, 1.807) is 12.3 Å². The van der Waals surface area contributed by atoms with E-state index in [4.69, 9.17) is 9.47 Å². The van der Waals surface area contributed by atoms with Crippen LogP contribution in [0.25, 0.3) is 5.57 Å². The maximum Gasteiger partial charge on any atom is 0.165 e. The molecular weight excluding hydrogens is 245 g/mol. The number of benzene rings is 1. The summed E-state index contributed by atoms with van der Waals surface area (Å²) in [4.78, 5) is 4.14. The van der Waals surface area contributed by atoms with Crippen molar-refractivity contribution in [2.24, 2.45) is 10.9 Å². The summed E-state index contributed by atoms with van der Waals surface area (Å²) in [5.74, 6) is 1.18. The van der Waals surface area contributed by atoms with Crippen LogP contribution in [0.2, 0.25) is 0 Å². The molecule has 1 aliphatic carbocycles. The van der Waals surface area contributed by atoms with E-state index in [9.17, 15) is 4.39 Å². The van der Waals surface area contributed by atoms with Gasteiger partial charge >= 0.3 is 0 Å². The molecule has 1 saturated carbocycles. The van der Waals surface area contributed by atoms with Gasteiger partial charge in [-0.1, -0.05) is 0 Å². The van der Waals surface area contributed by atoms with Crippen LogP contribution in [-0.2, 0) is 0 Å². The van der Waals surface area contributed by atoms with Crippen molar-refractivity contribution >= 4 is 11.8 Å². The van der Waals surface area contributed by atoms with Crippen molar-refractivity contribution < 1.29 is 13.9 Å². The molecule has 100 valence electrons. The Morgan fingerprint density at radius 1 is 1.32 bits per heavy atom. The quantitative estimate of drug-likeness (QED) is 0.815. The van der Waals surface area contributed by atoms with Gasteiger partial charge in [-0.2, -0.15) is 0 Å². The third-order valence-electron chi connectivity index (χ3n) is 3.41. The molecule has 4 heteroatoms. The summed E-state index contributed by atoms with van der Waals surface area (Å²) in [5, 5.41) is 0. The molecule has 0 radical (unpaired) electrons. The monoisotopic (exact) mass is 261 g/mol. The van der Waals surface area contributed by atoms with Crippen molar-refractivity contribution in [2.75, 3.05) is 20.3 Å². The van der Waals surface area contributed by atoms with Crippen molar-refractivity contribution in [2.45, 2.75) is 12.8 Å². The van der Waals surface area contributed by atoms with Crippen molar-refractivity contribution in [3.63, 3.8) is 0 Å². The molecule has 3 nitrogen and oxygen atoms in total. The number of rotatable bonds is 5. The van der Waals surface area contributed by atoms with Gasteiger partial charge in [-0.15, -0.1) is 0 Å². The summed E-state index contributed by atoms with van der Waals surface area (Å²) >= 11 is 0. The molecule has 0 amide bonds. The third-order valence-corrected chi connectivity index (χ3v) is 3.41. The predicted molar refractivity (Wildman–Crippen MR) is 72.5 cm³/mol. The van der Waals surface area contributed by atoms with E-state index in [-0.39, 0.29) is 11.6 Å². The zero-order valence-electron chi connectivity index (χ0n) is 10.9. The molecule has 0 saturated heterocycles. The molecule has 1 heterocycles. The minimum absolute atomic E-state index is 0.217. The summed E-state index contributed by atoms with van der Waals surface area (Å²) in [7, 11) is 1.46. The molecule has 1 aromatic carbocycles. The highest BCUT2D eigenvalue weighted by Gasteiger charge is 2.23. The van der Waals surface area contributed by atoms with Gasteiger partial charge in [0, 0.05) is 17.8 Å². The average Bonchev–Trinajstić information content (AvgIpc) is 3.09. The third kappa shape index (κ3) is 2.62. The molecule has 19 heavy (non-hydrogen) atoms. The van der Waals surface area contributed by atoms with Gasteiger partial charge in [-0.25, -0.2) is 4.39 Å². The lowest BCUT2D eigenvalue weighted by Crippen LogP contribution is -2.03. The van der Waals surface area contributed by atoms with E-state index in [1.165, 1.54) is 26.0 Å². The van der Waals surface area contributed by atoms with Gasteiger partial charge in [0.1, 0.15) is 5.75 Å². The number of aliphatic imine (C=N–C) groups is 1. The zero-order valence-corrected chi connectivity index (χ0v) is 10.9. The molecule has 0 atom stereocenters. The number of hydrogen-bond donors (Lipinski definition) is 0. The Balaban J connectivity index is 1.91. The summed E-state index contributed by atoms with van der Waals surface area (Å²) < 4.78 is 24.7. The van der Waals surface area contributed by atoms with Gasteiger partial charge in [0.2, 0.25) is 0 Å². The Morgan fingerprint density at radius 2 is 2.16 bits per heavy atom. The van der Waals surface area contributed by atoms with Gasteiger partial charge in [0.05, 0.1) is 20.3 Å². The summed E-state index contributed by atoms with van der Waals surface area (Å²) in [6.07, 6.45) is 6.08. The van der Waals surface area contributed by atoms with E-state index in [1.807, 2.05) is 6.08 Å². The molecule has 0 spiro atoms. The average molecular weight is 261 g/mol. The Labute approximate surface area is 111 Å². The Hall–Kier alpha value is -1.84. The predicted octanol–water partition coefficient (Wildman–Crippen LogP) is 3.09. The fourth-order valence-electron chi connectivity index (χ4n) is 2.08. The normalized spacial score (nSPS) is 17.5. The molecule has 1 aromatic rings. The Morgan fingerprint density at radius 3 is 2.79 bits per heavy atom. The number of halogens is 1.